The molecule has 9 nitrogen and oxygen atoms in total. The number of phenolic OH excluding ortho intramolecular Hbond substituents is 1. The van der Waals surface area contributed by atoms with Crippen molar-refractivity contribution in [2.75, 3.05) is 33.5 Å². The van der Waals surface area contributed by atoms with Gasteiger partial charge in [-0.3, -0.25) is 0 Å². The number of nitrogen functional groups attached to an aromatic ring is 1. The normalized spacial score (nSPS) is 30.1. The van der Waals surface area contributed by atoms with Crippen molar-refractivity contribution < 1.29 is 39.2 Å². The number of likely N-dealkylation sites (N-methyl/N-ethyl adjacent to an activating group) is 1. The quantitative estimate of drug-likeness (QED) is 0.193. The molecule has 1 aromatic rings. The first kappa shape index (κ1) is 19.4. The number of nitrogens with two attached hydrogens (primary N) is 1. The largest absolute Gasteiger partial charge is 0.507 e. The van der Waals surface area contributed by atoms with Crippen LogP contribution in [0.15, 0.2) is 18.2 Å². The lowest BCUT2D eigenvalue weighted by atomic mass is 9.95. The highest BCUT2D eigenvalue weighted by Gasteiger charge is 2.50. The summed E-state index contributed by atoms with van der Waals surface area (Å²) < 4.78 is 10.5. The number of carbonyl (C=O) groups excluding carboxylic acids is 1. The van der Waals surface area contributed by atoms with Gasteiger partial charge in [0.1, 0.15) is 36.2 Å². The van der Waals surface area contributed by atoms with E-state index in [1.54, 1.807) is 21.1 Å². The second-order valence-electron chi connectivity index (χ2n) is 7.03. The van der Waals surface area contributed by atoms with Gasteiger partial charge in [0.05, 0.1) is 21.1 Å². The Morgan fingerprint density at radius 1 is 1.24 bits per heavy atom. The van der Waals surface area contributed by atoms with Crippen LogP contribution in [0.5, 0.6) is 5.75 Å². The third kappa shape index (κ3) is 4.20. The van der Waals surface area contributed by atoms with E-state index < -0.39 is 43.2 Å². The third-order valence-electron chi connectivity index (χ3n) is 4.20. The molecule has 1 aliphatic rings. The number of rotatable bonds is 4. The first-order valence-electron chi connectivity index (χ1n) is 7.78. The predicted molar refractivity (Wildman–Crippen MR) is 87.5 cm³/mol. The van der Waals surface area contributed by atoms with Crippen LogP contribution in [-0.2, 0) is 9.47 Å². The van der Waals surface area contributed by atoms with Crippen molar-refractivity contribution in [3.63, 3.8) is 0 Å². The van der Waals surface area contributed by atoms with Gasteiger partial charge in [0.2, 0.25) is 6.29 Å². The van der Waals surface area contributed by atoms with E-state index in [2.05, 4.69) is 0 Å². The van der Waals surface area contributed by atoms with E-state index in [1.165, 1.54) is 18.2 Å². The minimum Gasteiger partial charge on any atom is -0.507 e. The Morgan fingerprint density at radius 3 is 2.48 bits per heavy atom. The molecule has 1 fully saturated rings. The number of carbonyl (C=O) groups is 1. The summed E-state index contributed by atoms with van der Waals surface area (Å²) in [7, 11) is 5.24. The van der Waals surface area contributed by atoms with Gasteiger partial charge in [-0.1, -0.05) is 0 Å². The Bertz CT molecular complexity index is 631. The second-order valence-corrected chi connectivity index (χ2v) is 7.03. The zero-order valence-electron chi connectivity index (χ0n) is 14.4. The van der Waals surface area contributed by atoms with Gasteiger partial charge in [0.25, 0.3) is 0 Å². The number of benzene rings is 1. The van der Waals surface area contributed by atoms with Crippen LogP contribution >= 0.6 is 0 Å². The molecule has 0 radical (unpaired) electrons. The number of hydrogen-bond acceptors (Lipinski definition) is 8. The Kier molecular flexibility index (Phi) is 5.55. The highest BCUT2D eigenvalue weighted by molar-refractivity contribution is 5.93. The van der Waals surface area contributed by atoms with Crippen LogP contribution < -0.4 is 5.73 Å². The zero-order chi connectivity index (χ0) is 18.9. The summed E-state index contributed by atoms with van der Waals surface area (Å²) in [5.41, 5.74) is 5.71. The van der Waals surface area contributed by atoms with Crippen molar-refractivity contribution in [2.24, 2.45) is 0 Å². The lowest BCUT2D eigenvalue weighted by molar-refractivity contribution is -0.909. The summed E-state index contributed by atoms with van der Waals surface area (Å²) >= 11 is 0. The van der Waals surface area contributed by atoms with Gasteiger partial charge in [-0.2, -0.15) is 0 Å². The molecule has 0 aromatic heterocycles. The van der Waals surface area contributed by atoms with E-state index in [9.17, 15) is 25.2 Å². The molecule has 0 unspecified atom stereocenters. The predicted octanol–water partition coefficient (Wildman–Crippen LogP) is -1.35. The molecule has 140 valence electrons. The van der Waals surface area contributed by atoms with Gasteiger partial charge in [-0.05, 0) is 18.2 Å². The van der Waals surface area contributed by atoms with Crippen LogP contribution in [0.1, 0.15) is 10.4 Å². The maximum atomic E-state index is 12.1. The van der Waals surface area contributed by atoms with E-state index in [-0.39, 0.29) is 21.5 Å². The lowest BCUT2D eigenvalue weighted by Gasteiger charge is -2.46. The molecule has 25 heavy (non-hydrogen) atoms. The third-order valence-corrected chi connectivity index (χ3v) is 4.20. The molecule has 0 bridgehead atoms. The maximum absolute atomic E-state index is 12.1. The van der Waals surface area contributed by atoms with E-state index in [1.807, 2.05) is 0 Å². The Morgan fingerprint density at radius 2 is 1.88 bits per heavy atom. The van der Waals surface area contributed by atoms with Crippen molar-refractivity contribution in [1.29, 1.82) is 0 Å². The minimum atomic E-state index is -1.35. The fraction of sp³-hybridized carbons (Fsp3) is 0.562. The molecule has 9 heteroatoms. The first-order chi connectivity index (χ1) is 11.5. The highest BCUT2D eigenvalue weighted by atomic mass is 16.6. The van der Waals surface area contributed by atoms with Crippen molar-refractivity contribution in [2.45, 2.75) is 30.6 Å². The molecule has 1 heterocycles. The van der Waals surface area contributed by atoms with Gasteiger partial charge in [-0.25, -0.2) is 4.79 Å². The summed E-state index contributed by atoms with van der Waals surface area (Å²) in [4.78, 5) is 12.1. The fourth-order valence-corrected chi connectivity index (χ4v) is 2.86. The van der Waals surface area contributed by atoms with Gasteiger partial charge >= 0.3 is 5.97 Å². The number of anilines is 1. The zero-order valence-corrected chi connectivity index (χ0v) is 14.4. The Hall–Kier alpha value is -1.91. The average Bonchev–Trinajstić information content (AvgIpc) is 2.50. The maximum Gasteiger partial charge on any atom is 0.342 e. The fourth-order valence-electron chi connectivity index (χ4n) is 2.86. The number of nitrogens with zero attached hydrogens (tertiary/aromatic N) is 1. The van der Waals surface area contributed by atoms with E-state index >= 15 is 0 Å². The summed E-state index contributed by atoms with van der Waals surface area (Å²) in [6, 6.07) is 3.18. The van der Waals surface area contributed by atoms with Crippen LogP contribution in [0.4, 0.5) is 5.69 Å². The molecule has 2 rings (SSSR count). The molecular formula is C16H25N2O7+. The van der Waals surface area contributed by atoms with Gasteiger partial charge in [0, 0.05) is 5.69 Å². The smallest absolute Gasteiger partial charge is 0.342 e. The van der Waals surface area contributed by atoms with Gasteiger partial charge < -0.3 is 40.1 Å². The molecule has 1 aliphatic heterocycles. The molecule has 0 saturated carbocycles. The first-order valence-corrected chi connectivity index (χ1v) is 7.78. The SMILES string of the molecule is C[N+](C)(C)[C@@H]1[C@@H](O)[C@H](O)[C@@H](COC(=O)c2cc(N)ccc2O)O[C@H]1O. The van der Waals surface area contributed by atoms with Crippen molar-refractivity contribution in [3.8, 4) is 5.75 Å². The summed E-state index contributed by atoms with van der Waals surface area (Å²) in [6.07, 6.45) is -5.08. The van der Waals surface area contributed by atoms with Crippen LogP contribution in [0.25, 0.3) is 0 Å². The lowest BCUT2D eigenvalue weighted by Crippen LogP contribution is -2.67. The van der Waals surface area contributed by atoms with E-state index in [0.717, 1.165) is 0 Å². The topological polar surface area (TPSA) is 142 Å². The van der Waals surface area contributed by atoms with E-state index in [0.29, 0.717) is 0 Å². The summed E-state index contributed by atoms with van der Waals surface area (Å²) in [6.45, 7) is -0.410. The second kappa shape index (κ2) is 7.14. The summed E-state index contributed by atoms with van der Waals surface area (Å²) in [5, 5.41) is 40.3. The summed E-state index contributed by atoms with van der Waals surface area (Å²) in [5.74, 6) is -1.16. The molecule has 1 saturated heterocycles. The van der Waals surface area contributed by atoms with Crippen LogP contribution in [0.2, 0.25) is 0 Å². The molecular weight excluding hydrogens is 332 g/mol. The van der Waals surface area contributed by atoms with Gasteiger partial charge in [-0.15, -0.1) is 0 Å². The van der Waals surface area contributed by atoms with Crippen LogP contribution in [-0.4, -0.2) is 89.3 Å². The van der Waals surface area contributed by atoms with Crippen molar-refractivity contribution in [3.05, 3.63) is 23.8 Å². The standard InChI is InChI=1S/C16H24N2O7/c1-18(2,3)12-14(21)13(20)11(25-16(12)23)7-24-15(22)9-6-8(17)4-5-10(9)19/h4-6,11-14,16,20-21,23H,7,17H2,1-3H3/p+1/t11-,12-,13-,14-,16-/m1/s1. The molecule has 0 aliphatic carbocycles. The molecule has 0 amide bonds. The number of ether oxygens (including phenoxy) is 2. The van der Waals surface area contributed by atoms with E-state index in [4.69, 9.17) is 15.2 Å². The Balaban J connectivity index is 2.04. The molecule has 5 atom stereocenters. The molecule has 6 N–H and O–H groups in total. The number of quaternary nitrogens is 1. The average molecular weight is 357 g/mol. The molecule has 0 spiro atoms. The minimum absolute atomic E-state index is 0.129. The number of aromatic hydroxyl groups is 1. The van der Waals surface area contributed by atoms with Crippen LogP contribution in [0.3, 0.4) is 0 Å². The Labute approximate surface area is 145 Å². The number of hydrogen-bond donors (Lipinski definition) is 5. The van der Waals surface area contributed by atoms with Gasteiger partial charge in [0.15, 0.2) is 6.04 Å². The highest BCUT2D eigenvalue weighted by Crippen LogP contribution is 2.26. The monoisotopic (exact) mass is 357 g/mol. The number of aliphatic hydroxyl groups is 3. The number of aliphatic hydroxyl groups excluding tert-OH is 3. The van der Waals surface area contributed by atoms with Crippen LogP contribution in [0, 0.1) is 0 Å². The van der Waals surface area contributed by atoms with Crippen molar-refractivity contribution >= 4 is 11.7 Å². The number of esters is 1. The number of phenols is 1. The molecule has 1 aromatic carbocycles. The van der Waals surface area contributed by atoms with Crippen molar-refractivity contribution in [1.82, 2.24) is 0 Å².